The van der Waals surface area contributed by atoms with Crippen molar-refractivity contribution >= 4 is 11.6 Å². The van der Waals surface area contributed by atoms with E-state index in [0.717, 1.165) is 6.42 Å². The number of nitrogens with one attached hydrogen (secondary N) is 1. The van der Waals surface area contributed by atoms with Gasteiger partial charge in [-0.05, 0) is 25.5 Å². The first-order valence-corrected chi connectivity index (χ1v) is 8.21. The van der Waals surface area contributed by atoms with Gasteiger partial charge in [0.25, 0.3) is 5.91 Å². The van der Waals surface area contributed by atoms with Crippen molar-refractivity contribution in [1.29, 1.82) is 5.26 Å². The third-order valence-corrected chi connectivity index (χ3v) is 4.17. The Bertz CT molecular complexity index is 645. The van der Waals surface area contributed by atoms with Crippen LogP contribution in [0.5, 0.6) is 0 Å². The quantitative estimate of drug-likeness (QED) is 0.665. The normalized spacial score (nSPS) is 16.5. The van der Waals surface area contributed by atoms with E-state index in [1.807, 2.05) is 35.8 Å². The molecule has 1 aliphatic heterocycles. The summed E-state index contributed by atoms with van der Waals surface area (Å²) in [5, 5.41) is 12.0. The third kappa shape index (κ3) is 4.48. The highest BCUT2D eigenvalue weighted by atomic mass is 19.1. The predicted molar refractivity (Wildman–Crippen MR) is 91.8 cm³/mol. The summed E-state index contributed by atoms with van der Waals surface area (Å²) in [7, 11) is 0. The SMILES string of the molecule is CCC(C)NC(=O)/C(C#N)=C\N1CCN(c2ccccc2F)CC1. The van der Waals surface area contributed by atoms with Crippen LogP contribution in [0.4, 0.5) is 10.1 Å². The van der Waals surface area contributed by atoms with E-state index in [1.165, 1.54) is 6.07 Å². The van der Waals surface area contributed by atoms with Crippen LogP contribution in [-0.2, 0) is 4.79 Å². The molecule has 1 atom stereocenters. The third-order valence-electron chi connectivity index (χ3n) is 4.17. The van der Waals surface area contributed by atoms with E-state index < -0.39 is 0 Å². The van der Waals surface area contributed by atoms with Crippen LogP contribution < -0.4 is 10.2 Å². The number of halogens is 1. The zero-order valence-corrected chi connectivity index (χ0v) is 14.1. The average molecular weight is 330 g/mol. The second kappa shape index (κ2) is 8.34. The summed E-state index contributed by atoms with van der Waals surface area (Å²) in [6.45, 7) is 6.43. The maximum Gasteiger partial charge on any atom is 0.263 e. The Kier molecular flexibility index (Phi) is 6.19. The van der Waals surface area contributed by atoms with Gasteiger partial charge in [-0.2, -0.15) is 5.26 Å². The van der Waals surface area contributed by atoms with Crippen molar-refractivity contribution in [2.45, 2.75) is 26.3 Å². The topological polar surface area (TPSA) is 59.4 Å². The van der Waals surface area contributed by atoms with Gasteiger partial charge < -0.3 is 15.1 Å². The monoisotopic (exact) mass is 330 g/mol. The Morgan fingerprint density at radius 2 is 2.04 bits per heavy atom. The van der Waals surface area contributed by atoms with Gasteiger partial charge in [0.05, 0.1) is 5.69 Å². The largest absolute Gasteiger partial charge is 0.373 e. The molecule has 1 aromatic rings. The van der Waals surface area contributed by atoms with E-state index in [-0.39, 0.29) is 23.3 Å². The number of nitriles is 1. The van der Waals surface area contributed by atoms with Gasteiger partial charge in [0, 0.05) is 38.4 Å². The fraction of sp³-hybridized carbons (Fsp3) is 0.444. The van der Waals surface area contributed by atoms with E-state index >= 15 is 0 Å². The standard InChI is InChI=1S/C18H23FN4O/c1-3-14(2)21-18(24)15(12-20)13-22-8-10-23(11-9-22)17-7-5-4-6-16(17)19/h4-7,13-14H,3,8-11H2,1-2H3,(H,21,24)/b15-13-. The van der Waals surface area contributed by atoms with Gasteiger partial charge in [0.15, 0.2) is 0 Å². The summed E-state index contributed by atoms with van der Waals surface area (Å²) in [6.07, 6.45) is 2.42. The van der Waals surface area contributed by atoms with Crippen LogP contribution in [0.25, 0.3) is 0 Å². The van der Waals surface area contributed by atoms with Gasteiger partial charge in [-0.15, -0.1) is 0 Å². The fourth-order valence-electron chi connectivity index (χ4n) is 2.52. The van der Waals surface area contributed by atoms with Crippen LogP contribution in [0.3, 0.4) is 0 Å². The second-order valence-electron chi connectivity index (χ2n) is 5.91. The van der Waals surface area contributed by atoms with Crippen molar-refractivity contribution in [1.82, 2.24) is 10.2 Å². The summed E-state index contributed by atoms with van der Waals surface area (Å²) < 4.78 is 13.8. The number of hydrogen-bond donors (Lipinski definition) is 1. The molecule has 0 aromatic heterocycles. The molecule has 0 bridgehead atoms. The molecule has 6 heteroatoms. The molecule has 1 amide bonds. The van der Waals surface area contributed by atoms with E-state index in [9.17, 15) is 14.4 Å². The minimum absolute atomic E-state index is 0.0344. The lowest BCUT2D eigenvalue weighted by atomic mass is 10.2. The first-order chi connectivity index (χ1) is 11.5. The van der Waals surface area contributed by atoms with Crippen LogP contribution in [0.2, 0.25) is 0 Å². The molecule has 1 fully saturated rings. The molecule has 128 valence electrons. The van der Waals surface area contributed by atoms with Gasteiger partial charge in [-0.25, -0.2) is 4.39 Å². The molecule has 2 rings (SSSR count). The van der Waals surface area contributed by atoms with Crippen molar-refractivity contribution in [3.8, 4) is 6.07 Å². The molecule has 1 saturated heterocycles. The molecule has 1 N–H and O–H groups in total. The molecule has 0 radical (unpaired) electrons. The summed E-state index contributed by atoms with van der Waals surface area (Å²) in [5.74, 6) is -0.574. The molecular formula is C18H23FN4O. The van der Waals surface area contributed by atoms with E-state index in [1.54, 1.807) is 18.3 Å². The molecular weight excluding hydrogens is 307 g/mol. The van der Waals surface area contributed by atoms with Crippen LogP contribution in [0, 0.1) is 17.1 Å². The molecule has 0 saturated carbocycles. The van der Waals surface area contributed by atoms with Gasteiger partial charge in [-0.1, -0.05) is 19.1 Å². The number of carbonyl (C=O) groups is 1. The van der Waals surface area contributed by atoms with E-state index in [4.69, 9.17) is 0 Å². The fourth-order valence-corrected chi connectivity index (χ4v) is 2.52. The molecule has 1 heterocycles. The van der Waals surface area contributed by atoms with Gasteiger partial charge in [-0.3, -0.25) is 4.79 Å². The first-order valence-electron chi connectivity index (χ1n) is 8.21. The first kappa shape index (κ1) is 17.8. The zero-order chi connectivity index (χ0) is 17.5. The zero-order valence-electron chi connectivity index (χ0n) is 14.1. The van der Waals surface area contributed by atoms with Crippen molar-refractivity contribution in [3.63, 3.8) is 0 Å². The number of carbonyl (C=O) groups excluding carboxylic acids is 1. The lowest BCUT2D eigenvalue weighted by Crippen LogP contribution is -2.45. The number of anilines is 1. The Morgan fingerprint density at radius 1 is 1.38 bits per heavy atom. The van der Waals surface area contributed by atoms with Gasteiger partial charge in [0.1, 0.15) is 17.5 Å². The summed E-state index contributed by atoms with van der Waals surface area (Å²) in [6, 6.07) is 8.71. The molecule has 0 aliphatic carbocycles. The molecule has 24 heavy (non-hydrogen) atoms. The van der Waals surface area contributed by atoms with Crippen LogP contribution in [0.15, 0.2) is 36.0 Å². The Morgan fingerprint density at radius 3 is 2.62 bits per heavy atom. The van der Waals surface area contributed by atoms with Crippen LogP contribution >= 0.6 is 0 Å². The predicted octanol–water partition coefficient (Wildman–Crippen LogP) is 2.27. The number of hydrogen-bond acceptors (Lipinski definition) is 4. The van der Waals surface area contributed by atoms with Crippen LogP contribution in [0.1, 0.15) is 20.3 Å². The van der Waals surface area contributed by atoms with Crippen molar-refractivity contribution < 1.29 is 9.18 Å². The van der Waals surface area contributed by atoms with E-state index in [0.29, 0.717) is 31.9 Å². The number of piperazine rings is 1. The Balaban J connectivity index is 1.97. The highest BCUT2D eigenvalue weighted by Crippen LogP contribution is 2.20. The minimum atomic E-state index is -0.344. The number of nitrogens with zero attached hydrogens (tertiary/aromatic N) is 3. The molecule has 1 aromatic carbocycles. The molecule has 1 aliphatic rings. The molecule has 1 unspecified atom stereocenters. The highest BCUT2D eigenvalue weighted by molar-refractivity contribution is 5.97. The summed E-state index contributed by atoms with van der Waals surface area (Å²) in [4.78, 5) is 16.0. The summed E-state index contributed by atoms with van der Waals surface area (Å²) in [5.41, 5.74) is 0.700. The van der Waals surface area contributed by atoms with Crippen molar-refractivity contribution in [2.24, 2.45) is 0 Å². The average Bonchev–Trinajstić information content (AvgIpc) is 2.60. The lowest BCUT2D eigenvalue weighted by molar-refractivity contribution is -0.117. The minimum Gasteiger partial charge on any atom is -0.373 e. The van der Waals surface area contributed by atoms with Crippen molar-refractivity contribution in [2.75, 3.05) is 31.1 Å². The summed E-state index contributed by atoms with van der Waals surface area (Å²) >= 11 is 0. The molecule has 0 spiro atoms. The van der Waals surface area contributed by atoms with Gasteiger partial charge >= 0.3 is 0 Å². The highest BCUT2D eigenvalue weighted by Gasteiger charge is 2.19. The van der Waals surface area contributed by atoms with Crippen molar-refractivity contribution in [3.05, 3.63) is 41.9 Å². The maximum absolute atomic E-state index is 13.8. The van der Waals surface area contributed by atoms with Gasteiger partial charge in [0.2, 0.25) is 0 Å². The van der Waals surface area contributed by atoms with Crippen LogP contribution in [-0.4, -0.2) is 43.0 Å². The number of para-hydroxylation sites is 1. The second-order valence-corrected chi connectivity index (χ2v) is 5.91. The number of rotatable bonds is 5. The maximum atomic E-state index is 13.8. The Labute approximate surface area is 142 Å². The number of amides is 1. The van der Waals surface area contributed by atoms with E-state index in [2.05, 4.69) is 5.32 Å². The molecule has 5 nitrogen and oxygen atoms in total. The Hall–Kier alpha value is -2.55. The number of benzene rings is 1. The smallest absolute Gasteiger partial charge is 0.263 e. The lowest BCUT2D eigenvalue weighted by Gasteiger charge is -2.35.